The summed E-state index contributed by atoms with van der Waals surface area (Å²) in [5, 5.41) is 3.78. The first-order valence-corrected chi connectivity index (χ1v) is 4.81. The minimum absolute atomic E-state index is 0.0693. The standard InChI is InChI=1S/C10H11ClN2O/c1-6-10(14)13(2)9-4-3-7(11)5-8(9)12-6/h3-6,12H,1-2H3. The molecule has 3 nitrogen and oxygen atoms in total. The molecule has 1 atom stereocenters. The van der Waals surface area contributed by atoms with Crippen LogP contribution in [0.15, 0.2) is 18.2 Å². The van der Waals surface area contributed by atoms with Crippen LogP contribution < -0.4 is 10.2 Å². The molecule has 1 aromatic rings. The summed E-state index contributed by atoms with van der Waals surface area (Å²) in [6.07, 6.45) is 0. The van der Waals surface area contributed by atoms with E-state index in [1.54, 1.807) is 18.0 Å². The predicted octanol–water partition coefficient (Wildman–Crippen LogP) is 2.12. The van der Waals surface area contributed by atoms with Gasteiger partial charge in [-0.2, -0.15) is 0 Å². The van der Waals surface area contributed by atoms with Gasteiger partial charge in [-0.1, -0.05) is 11.6 Å². The summed E-state index contributed by atoms with van der Waals surface area (Å²) in [5.41, 5.74) is 1.78. The highest BCUT2D eigenvalue weighted by molar-refractivity contribution is 6.31. The Balaban J connectivity index is 2.50. The number of likely N-dealkylation sites (N-methyl/N-ethyl adjacent to an activating group) is 1. The zero-order chi connectivity index (χ0) is 10.3. The predicted molar refractivity (Wildman–Crippen MR) is 57.9 cm³/mol. The van der Waals surface area contributed by atoms with Gasteiger partial charge in [-0.3, -0.25) is 4.79 Å². The van der Waals surface area contributed by atoms with Gasteiger partial charge in [0.05, 0.1) is 11.4 Å². The van der Waals surface area contributed by atoms with Crippen molar-refractivity contribution in [1.82, 2.24) is 0 Å². The molecule has 1 aliphatic rings. The quantitative estimate of drug-likeness (QED) is 0.712. The maximum Gasteiger partial charge on any atom is 0.248 e. The van der Waals surface area contributed by atoms with Crippen molar-refractivity contribution in [3.63, 3.8) is 0 Å². The van der Waals surface area contributed by atoms with Crippen LogP contribution >= 0.6 is 11.6 Å². The second kappa shape index (κ2) is 3.17. The molecule has 1 unspecified atom stereocenters. The van der Waals surface area contributed by atoms with E-state index in [1.165, 1.54) is 0 Å². The molecule has 0 saturated carbocycles. The Kier molecular flexibility index (Phi) is 2.11. The monoisotopic (exact) mass is 210 g/mol. The maximum atomic E-state index is 11.6. The van der Waals surface area contributed by atoms with Gasteiger partial charge < -0.3 is 10.2 Å². The first-order chi connectivity index (χ1) is 6.59. The summed E-state index contributed by atoms with van der Waals surface area (Å²) < 4.78 is 0. The van der Waals surface area contributed by atoms with E-state index >= 15 is 0 Å². The number of carbonyl (C=O) groups is 1. The van der Waals surface area contributed by atoms with Gasteiger partial charge in [-0.05, 0) is 25.1 Å². The van der Waals surface area contributed by atoms with Gasteiger partial charge in [0.1, 0.15) is 6.04 Å². The molecular formula is C10H11ClN2O. The summed E-state index contributed by atoms with van der Waals surface area (Å²) >= 11 is 5.87. The van der Waals surface area contributed by atoms with E-state index in [1.807, 2.05) is 19.1 Å². The van der Waals surface area contributed by atoms with E-state index in [0.29, 0.717) is 5.02 Å². The second-order valence-corrected chi connectivity index (χ2v) is 3.86. The lowest BCUT2D eigenvalue weighted by Crippen LogP contribution is -2.43. The number of nitrogens with one attached hydrogen (secondary N) is 1. The highest BCUT2D eigenvalue weighted by Crippen LogP contribution is 2.32. The number of anilines is 2. The lowest BCUT2D eigenvalue weighted by Gasteiger charge is -2.31. The van der Waals surface area contributed by atoms with E-state index in [9.17, 15) is 4.79 Å². The lowest BCUT2D eigenvalue weighted by atomic mass is 10.1. The smallest absolute Gasteiger partial charge is 0.248 e. The van der Waals surface area contributed by atoms with Crippen LogP contribution in [0.2, 0.25) is 5.02 Å². The molecule has 1 amide bonds. The van der Waals surface area contributed by atoms with Crippen molar-refractivity contribution in [2.45, 2.75) is 13.0 Å². The van der Waals surface area contributed by atoms with Crippen molar-refractivity contribution in [1.29, 1.82) is 0 Å². The van der Waals surface area contributed by atoms with Crippen molar-refractivity contribution in [3.05, 3.63) is 23.2 Å². The molecule has 0 radical (unpaired) electrons. The maximum absolute atomic E-state index is 11.6. The number of nitrogens with zero attached hydrogens (tertiary/aromatic N) is 1. The molecule has 4 heteroatoms. The van der Waals surface area contributed by atoms with Crippen molar-refractivity contribution in [3.8, 4) is 0 Å². The Labute approximate surface area is 87.7 Å². The second-order valence-electron chi connectivity index (χ2n) is 3.42. The molecule has 1 heterocycles. The Morgan fingerprint density at radius 3 is 2.93 bits per heavy atom. The third kappa shape index (κ3) is 1.34. The number of fused-ring (bicyclic) bond motifs is 1. The van der Waals surface area contributed by atoms with Gasteiger partial charge >= 0.3 is 0 Å². The van der Waals surface area contributed by atoms with Gasteiger partial charge in [0.2, 0.25) is 5.91 Å². The van der Waals surface area contributed by atoms with Crippen LogP contribution in [0.25, 0.3) is 0 Å². The molecule has 0 aromatic heterocycles. The van der Waals surface area contributed by atoms with Crippen molar-refractivity contribution >= 4 is 28.9 Å². The average molecular weight is 211 g/mol. The van der Waals surface area contributed by atoms with E-state index in [2.05, 4.69) is 5.32 Å². The van der Waals surface area contributed by atoms with Gasteiger partial charge in [0.15, 0.2) is 0 Å². The summed E-state index contributed by atoms with van der Waals surface area (Å²) in [7, 11) is 1.77. The fourth-order valence-corrected chi connectivity index (χ4v) is 1.79. The molecule has 1 aliphatic heterocycles. The van der Waals surface area contributed by atoms with Crippen molar-refractivity contribution < 1.29 is 4.79 Å². The Hall–Kier alpha value is -1.22. The molecule has 2 rings (SSSR count). The third-order valence-corrected chi connectivity index (χ3v) is 2.63. The van der Waals surface area contributed by atoms with Gasteiger partial charge in [0.25, 0.3) is 0 Å². The number of amides is 1. The largest absolute Gasteiger partial charge is 0.372 e. The molecule has 0 saturated heterocycles. The Bertz CT molecular complexity index is 392. The van der Waals surface area contributed by atoms with Gasteiger partial charge in [-0.15, -0.1) is 0 Å². The zero-order valence-corrected chi connectivity index (χ0v) is 8.80. The molecule has 74 valence electrons. The van der Waals surface area contributed by atoms with Crippen LogP contribution in [-0.4, -0.2) is 19.0 Å². The highest BCUT2D eigenvalue weighted by atomic mass is 35.5. The van der Waals surface area contributed by atoms with Crippen LogP contribution in [0, 0.1) is 0 Å². The highest BCUT2D eigenvalue weighted by Gasteiger charge is 2.26. The summed E-state index contributed by atoms with van der Waals surface area (Å²) in [6.45, 7) is 1.84. The Morgan fingerprint density at radius 2 is 2.21 bits per heavy atom. The van der Waals surface area contributed by atoms with Crippen LogP contribution in [-0.2, 0) is 4.79 Å². The SMILES string of the molecule is CC1Nc2cc(Cl)ccc2N(C)C1=O. The summed E-state index contributed by atoms with van der Waals surface area (Å²) in [5.74, 6) is 0.0693. The third-order valence-electron chi connectivity index (χ3n) is 2.39. The number of rotatable bonds is 0. The fourth-order valence-electron chi connectivity index (χ4n) is 1.62. The fraction of sp³-hybridized carbons (Fsp3) is 0.300. The summed E-state index contributed by atoms with van der Waals surface area (Å²) in [6, 6.07) is 5.26. The minimum Gasteiger partial charge on any atom is -0.372 e. The number of hydrogen-bond acceptors (Lipinski definition) is 2. The molecule has 0 spiro atoms. The van der Waals surface area contributed by atoms with Crippen molar-refractivity contribution in [2.75, 3.05) is 17.3 Å². The lowest BCUT2D eigenvalue weighted by molar-refractivity contribution is -0.118. The normalized spacial score (nSPS) is 20.4. The van der Waals surface area contributed by atoms with Crippen LogP contribution in [0.3, 0.4) is 0 Å². The first kappa shape index (κ1) is 9.34. The Morgan fingerprint density at radius 1 is 1.50 bits per heavy atom. The summed E-state index contributed by atoms with van der Waals surface area (Å²) in [4.78, 5) is 13.2. The molecule has 14 heavy (non-hydrogen) atoms. The van der Waals surface area contributed by atoms with Gasteiger partial charge in [-0.25, -0.2) is 0 Å². The minimum atomic E-state index is -0.189. The zero-order valence-electron chi connectivity index (χ0n) is 8.04. The van der Waals surface area contributed by atoms with E-state index in [-0.39, 0.29) is 11.9 Å². The molecule has 1 aromatic carbocycles. The van der Waals surface area contributed by atoms with Crippen LogP contribution in [0.1, 0.15) is 6.92 Å². The number of carbonyl (C=O) groups excluding carboxylic acids is 1. The molecule has 0 fully saturated rings. The van der Waals surface area contributed by atoms with Gasteiger partial charge in [0, 0.05) is 12.1 Å². The molecule has 0 bridgehead atoms. The molecular weight excluding hydrogens is 200 g/mol. The van der Waals surface area contributed by atoms with E-state index in [0.717, 1.165) is 11.4 Å². The first-order valence-electron chi connectivity index (χ1n) is 4.43. The van der Waals surface area contributed by atoms with Crippen LogP contribution in [0.4, 0.5) is 11.4 Å². The number of benzene rings is 1. The average Bonchev–Trinajstić information content (AvgIpc) is 2.14. The number of halogens is 1. The van der Waals surface area contributed by atoms with E-state index in [4.69, 9.17) is 11.6 Å². The topological polar surface area (TPSA) is 32.3 Å². The van der Waals surface area contributed by atoms with Crippen LogP contribution in [0.5, 0.6) is 0 Å². The van der Waals surface area contributed by atoms with Crippen molar-refractivity contribution in [2.24, 2.45) is 0 Å². The van der Waals surface area contributed by atoms with E-state index < -0.39 is 0 Å². The molecule has 0 aliphatic carbocycles. The molecule has 1 N–H and O–H groups in total. The number of hydrogen-bond donors (Lipinski definition) is 1.